The quantitative estimate of drug-likeness (QED) is 0.720. The molecule has 0 aliphatic heterocycles. The Labute approximate surface area is 98.5 Å². The van der Waals surface area contributed by atoms with Crippen LogP contribution >= 0.6 is 0 Å². The van der Waals surface area contributed by atoms with E-state index in [2.05, 4.69) is 4.98 Å². The summed E-state index contributed by atoms with van der Waals surface area (Å²) in [6, 6.07) is 7.12. The molecule has 0 bridgehead atoms. The number of nitrogens with two attached hydrogens (primary N) is 1. The van der Waals surface area contributed by atoms with Crippen LogP contribution in [0.3, 0.4) is 0 Å². The number of hydrogen-bond acceptors (Lipinski definition) is 3. The van der Waals surface area contributed by atoms with Gasteiger partial charge in [-0.25, -0.2) is 4.79 Å². The van der Waals surface area contributed by atoms with Crippen molar-refractivity contribution in [3.63, 3.8) is 0 Å². The molecule has 5 nitrogen and oxygen atoms in total. The Hall–Kier alpha value is -1.85. The zero-order valence-electron chi connectivity index (χ0n) is 9.55. The second-order valence-corrected chi connectivity index (χ2v) is 3.91. The van der Waals surface area contributed by atoms with Gasteiger partial charge in [0, 0.05) is 18.4 Å². The van der Waals surface area contributed by atoms with Crippen molar-refractivity contribution in [3.8, 4) is 5.69 Å². The maximum Gasteiger partial charge on any atom is 0.330 e. The zero-order chi connectivity index (χ0) is 12.4. The number of nitrogens with zero attached hydrogens (tertiary/aromatic N) is 1. The second kappa shape index (κ2) is 4.57. The van der Waals surface area contributed by atoms with Crippen LogP contribution in [0.4, 0.5) is 0 Å². The third-order valence-electron chi connectivity index (χ3n) is 2.72. The van der Waals surface area contributed by atoms with Crippen molar-refractivity contribution in [2.75, 3.05) is 6.54 Å². The number of imidazole rings is 1. The van der Waals surface area contributed by atoms with Gasteiger partial charge < -0.3 is 15.8 Å². The van der Waals surface area contributed by atoms with Gasteiger partial charge in [0.05, 0.1) is 11.8 Å². The van der Waals surface area contributed by atoms with Crippen LogP contribution in [-0.4, -0.2) is 21.2 Å². The highest BCUT2D eigenvalue weighted by atomic mass is 16.3. The lowest BCUT2D eigenvalue weighted by molar-refractivity contribution is 0.187. The van der Waals surface area contributed by atoms with Gasteiger partial charge in [-0.1, -0.05) is 12.1 Å². The molecule has 0 radical (unpaired) electrons. The van der Waals surface area contributed by atoms with E-state index < -0.39 is 6.10 Å². The number of aliphatic hydroxyl groups excluding tert-OH is 1. The van der Waals surface area contributed by atoms with Crippen LogP contribution in [0.5, 0.6) is 0 Å². The Kier molecular flexibility index (Phi) is 3.12. The summed E-state index contributed by atoms with van der Waals surface area (Å²) in [4.78, 5) is 14.2. The van der Waals surface area contributed by atoms with Gasteiger partial charge in [-0.3, -0.25) is 4.57 Å². The predicted octanol–water partition coefficient (Wildman–Crippen LogP) is 0.466. The molecular formula is C12H15N3O2. The molecule has 0 aliphatic rings. The molecule has 0 spiro atoms. The molecule has 1 heterocycles. The summed E-state index contributed by atoms with van der Waals surface area (Å²) in [6.45, 7) is 2.03. The highest BCUT2D eigenvalue weighted by molar-refractivity contribution is 5.36. The van der Waals surface area contributed by atoms with Crippen molar-refractivity contribution in [1.82, 2.24) is 9.55 Å². The number of hydrogen-bond donors (Lipinski definition) is 3. The molecule has 2 rings (SSSR count). The summed E-state index contributed by atoms with van der Waals surface area (Å²) >= 11 is 0. The smallest absolute Gasteiger partial charge is 0.330 e. The van der Waals surface area contributed by atoms with Gasteiger partial charge in [0.2, 0.25) is 0 Å². The van der Waals surface area contributed by atoms with Gasteiger partial charge >= 0.3 is 5.69 Å². The lowest BCUT2D eigenvalue weighted by Gasteiger charge is -2.09. The number of nitrogens with one attached hydrogen (secondary N) is 1. The van der Waals surface area contributed by atoms with Crippen LogP contribution in [0.1, 0.15) is 17.4 Å². The van der Waals surface area contributed by atoms with Gasteiger partial charge in [0.25, 0.3) is 0 Å². The first-order chi connectivity index (χ1) is 8.13. The van der Waals surface area contributed by atoms with E-state index >= 15 is 0 Å². The van der Waals surface area contributed by atoms with E-state index in [0.29, 0.717) is 0 Å². The number of benzene rings is 1. The Morgan fingerprint density at radius 1 is 1.41 bits per heavy atom. The van der Waals surface area contributed by atoms with E-state index in [1.807, 2.05) is 6.92 Å². The normalized spacial score (nSPS) is 12.6. The fraction of sp³-hybridized carbons (Fsp3) is 0.250. The Balaban J connectivity index is 2.39. The van der Waals surface area contributed by atoms with Crippen LogP contribution < -0.4 is 11.4 Å². The fourth-order valence-electron chi connectivity index (χ4n) is 1.76. The molecule has 90 valence electrons. The molecule has 0 aliphatic carbocycles. The SMILES string of the molecule is Cc1c[nH]c(=O)n1-c1ccc(C(O)CN)cc1. The summed E-state index contributed by atoms with van der Waals surface area (Å²) in [7, 11) is 0. The predicted molar refractivity (Wildman–Crippen MR) is 65.1 cm³/mol. The molecule has 0 saturated heterocycles. The fourth-order valence-corrected chi connectivity index (χ4v) is 1.76. The van der Waals surface area contributed by atoms with Crippen LogP contribution in [0, 0.1) is 6.92 Å². The minimum atomic E-state index is -0.659. The maximum absolute atomic E-state index is 11.6. The Morgan fingerprint density at radius 3 is 2.53 bits per heavy atom. The number of aromatic amines is 1. The van der Waals surface area contributed by atoms with Gasteiger partial charge in [-0.2, -0.15) is 0 Å². The highest BCUT2D eigenvalue weighted by Gasteiger charge is 2.07. The van der Waals surface area contributed by atoms with Gasteiger partial charge in [-0.15, -0.1) is 0 Å². The summed E-state index contributed by atoms with van der Waals surface area (Å²) < 4.78 is 1.57. The first kappa shape index (κ1) is 11.6. The van der Waals surface area contributed by atoms with Gasteiger partial charge in [-0.05, 0) is 24.6 Å². The molecule has 1 aromatic heterocycles. The van der Waals surface area contributed by atoms with Crippen molar-refractivity contribution in [1.29, 1.82) is 0 Å². The summed E-state index contributed by atoms with van der Waals surface area (Å²) in [5, 5.41) is 9.56. The summed E-state index contributed by atoms with van der Waals surface area (Å²) in [6.07, 6.45) is 0.999. The topological polar surface area (TPSA) is 84.0 Å². The largest absolute Gasteiger partial charge is 0.387 e. The number of H-pyrrole nitrogens is 1. The summed E-state index contributed by atoms with van der Waals surface area (Å²) in [5.74, 6) is 0. The van der Waals surface area contributed by atoms with E-state index in [9.17, 15) is 9.90 Å². The minimum Gasteiger partial charge on any atom is -0.387 e. The average molecular weight is 233 g/mol. The van der Waals surface area contributed by atoms with Gasteiger partial charge in [0.1, 0.15) is 0 Å². The van der Waals surface area contributed by atoms with Crippen molar-refractivity contribution >= 4 is 0 Å². The molecule has 1 atom stereocenters. The molecule has 5 heteroatoms. The monoisotopic (exact) mass is 233 g/mol. The molecule has 2 aromatic rings. The number of aryl methyl sites for hydroxylation is 1. The van der Waals surface area contributed by atoms with Crippen LogP contribution in [0.15, 0.2) is 35.3 Å². The lowest BCUT2D eigenvalue weighted by Crippen LogP contribution is -2.16. The van der Waals surface area contributed by atoms with Crippen LogP contribution in [0.2, 0.25) is 0 Å². The second-order valence-electron chi connectivity index (χ2n) is 3.91. The van der Waals surface area contributed by atoms with E-state index in [-0.39, 0.29) is 12.2 Å². The Morgan fingerprint density at radius 2 is 2.06 bits per heavy atom. The number of rotatable bonds is 3. The van der Waals surface area contributed by atoms with Crippen LogP contribution in [0.25, 0.3) is 5.69 Å². The first-order valence-electron chi connectivity index (χ1n) is 5.39. The van der Waals surface area contributed by atoms with E-state index in [1.165, 1.54) is 0 Å². The molecule has 0 fully saturated rings. The molecule has 17 heavy (non-hydrogen) atoms. The van der Waals surface area contributed by atoms with E-state index in [1.54, 1.807) is 35.0 Å². The number of aliphatic hydroxyl groups is 1. The summed E-state index contributed by atoms with van der Waals surface area (Å²) in [5.41, 5.74) is 7.55. The molecule has 0 saturated carbocycles. The Bertz CT molecular complexity index is 554. The van der Waals surface area contributed by atoms with E-state index in [0.717, 1.165) is 16.9 Å². The average Bonchev–Trinajstić information content (AvgIpc) is 2.68. The van der Waals surface area contributed by atoms with E-state index in [4.69, 9.17) is 5.73 Å². The standard InChI is InChI=1S/C12H15N3O2/c1-8-7-14-12(17)15(8)10-4-2-9(3-5-10)11(16)6-13/h2-5,7,11,16H,6,13H2,1H3,(H,14,17). The molecule has 1 unspecified atom stereocenters. The zero-order valence-corrected chi connectivity index (χ0v) is 9.55. The van der Waals surface area contributed by atoms with Gasteiger partial charge in [0.15, 0.2) is 0 Å². The molecule has 0 amide bonds. The van der Waals surface area contributed by atoms with Crippen molar-refractivity contribution in [2.45, 2.75) is 13.0 Å². The highest BCUT2D eigenvalue weighted by Crippen LogP contribution is 2.15. The molecular weight excluding hydrogens is 218 g/mol. The molecule has 1 aromatic carbocycles. The third-order valence-corrected chi connectivity index (χ3v) is 2.72. The number of aromatic nitrogens is 2. The maximum atomic E-state index is 11.6. The first-order valence-corrected chi connectivity index (χ1v) is 5.39. The molecule has 4 N–H and O–H groups in total. The third kappa shape index (κ3) is 2.15. The van der Waals surface area contributed by atoms with Crippen LogP contribution in [-0.2, 0) is 0 Å². The lowest BCUT2D eigenvalue weighted by atomic mass is 10.1. The van der Waals surface area contributed by atoms with Crippen molar-refractivity contribution in [2.24, 2.45) is 5.73 Å². The van der Waals surface area contributed by atoms with Crippen molar-refractivity contribution in [3.05, 3.63) is 52.2 Å². The van der Waals surface area contributed by atoms with Crippen molar-refractivity contribution < 1.29 is 5.11 Å². The minimum absolute atomic E-state index is 0.172.